The van der Waals surface area contributed by atoms with Crippen LogP contribution in [0.25, 0.3) is 0 Å². The molecule has 4 nitrogen and oxygen atoms in total. The number of esters is 2. The molecule has 0 aliphatic rings. The molecule has 0 bridgehead atoms. The van der Waals surface area contributed by atoms with E-state index < -0.39 is 0 Å². The van der Waals surface area contributed by atoms with E-state index in [1.54, 1.807) is 12.1 Å². The highest BCUT2D eigenvalue weighted by molar-refractivity contribution is 14.1. The summed E-state index contributed by atoms with van der Waals surface area (Å²) in [7, 11) is 0. The van der Waals surface area contributed by atoms with Gasteiger partial charge >= 0.3 is 11.9 Å². The molecule has 0 aliphatic heterocycles. The van der Waals surface area contributed by atoms with E-state index in [1.807, 2.05) is 6.07 Å². The second kappa shape index (κ2) is 13.1. The quantitative estimate of drug-likeness (QED) is 0.165. The van der Waals surface area contributed by atoms with Gasteiger partial charge in [-0.25, -0.2) is 0 Å². The second-order valence-electron chi connectivity index (χ2n) is 6.16. The van der Waals surface area contributed by atoms with Crippen molar-refractivity contribution < 1.29 is 19.1 Å². The van der Waals surface area contributed by atoms with Gasteiger partial charge in [-0.3, -0.25) is 9.59 Å². The van der Waals surface area contributed by atoms with Crippen LogP contribution in [0.1, 0.15) is 78.1 Å². The van der Waals surface area contributed by atoms with E-state index in [1.165, 1.54) is 0 Å². The van der Waals surface area contributed by atoms with Crippen molar-refractivity contribution in [3.05, 3.63) is 21.8 Å². The third-order valence-electron chi connectivity index (χ3n) is 3.82. The molecule has 0 aliphatic carbocycles. The van der Waals surface area contributed by atoms with Gasteiger partial charge in [0.1, 0.15) is 0 Å². The Morgan fingerprint density at radius 2 is 1.32 bits per heavy atom. The highest BCUT2D eigenvalue weighted by Crippen LogP contribution is 2.30. The Kier molecular flexibility index (Phi) is 11.5. The number of halogens is 1. The van der Waals surface area contributed by atoms with E-state index in [0.29, 0.717) is 24.3 Å². The minimum atomic E-state index is -0.280. The maximum Gasteiger partial charge on any atom is 0.311 e. The van der Waals surface area contributed by atoms with Gasteiger partial charge in [0.05, 0.1) is 0 Å². The molecule has 140 valence electrons. The highest BCUT2D eigenvalue weighted by Gasteiger charge is 2.14. The molecule has 25 heavy (non-hydrogen) atoms. The summed E-state index contributed by atoms with van der Waals surface area (Å²) in [6, 6.07) is 5.24. The Bertz CT molecular complexity index is 542. The highest BCUT2D eigenvalue weighted by atomic mass is 127. The first kappa shape index (κ1) is 21.9. The normalized spacial score (nSPS) is 10.5. The summed E-state index contributed by atoms with van der Waals surface area (Å²) in [4.78, 5) is 24.0. The van der Waals surface area contributed by atoms with Crippen molar-refractivity contribution in [1.29, 1.82) is 0 Å². The van der Waals surface area contributed by atoms with Crippen LogP contribution >= 0.6 is 22.6 Å². The molecule has 1 aromatic carbocycles. The van der Waals surface area contributed by atoms with Crippen LogP contribution in [0.15, 0.2) is 18.2 Å². The first-order valence-corrected chi connectivity index (χ1v) is 10.4. The van der Waals surface area contributed by atoms with Crippen LogP contribution in [0, 0.1) is 3.57 Å². The van der Waals surface area contributed by atoms with Gasteiger partial charge in [0.2, 0.25) is 0 Å². The molecule has 0 N–H and O–H groups in total. The zero-order valence-electron chi connectivity index (χ0n) is 15.3. The summed E-state index contributed by atoms with van der Waals surface area (Å²) in [5.74, 6) is 0.0908. The predicted octanol–water partition coefficient (Wildman–Crippen LogP) is 6.04. The summed E-state index contributed by atoms with van der Waals surface area (Å²) < 4.78 is 11.8. The Morgan fingerprint density at radius 1 is 0.800 bits per heavy atom. The summed E-state index contributed by atoms with van der Waals surface area (Å²) in [5.41, 5.74) is 0. The lowest BCUT2D eigenvalue weighted by Gasteiger charge is -2.11. The monoisotopic (exact) mass is 460 g/mol. The summed E-state index contributed by atoms with van der Waals surface area (Å²) >= 11 is 2.14. The Morgan fingerprint density at radius 3 is 1.84 bits per heavy atom. The number of hydrogen-bond donors (Lipinski definition) is 0. The SMILES string of the molecule is CCCCCCC(=O)Oc1ccc(I)cc1OC(=O)CCCCCC. The fourth-order valence-electron chi connectivity index (χ4n) is 2.39. The standard InChI is InChI=1S/C20H29IO4/c1-3-5-7-9-11-19(22)24-17-14-13-16(21)15-18(17)25-20(23)12-10-8-6-4-2/h13-15H,3-12H2,1-2H3. The van der Waals surface area contributed by atoms with Gasteiger partial charge in [-0.15, -0.1) is 0 Å². The molecular formula is C20H29IO4. The van der Waals surface area contributed by atoms with E-state index in [2.05, 4.69) is 36.4 Å². The van der Waals surface area contributed by atoms with Crippen LogP contribution < -0.4 is 9.47 Å². The number of benzene rings is 1. The third-order valence-corrected chi connectivity index (χ3v) is 4.49. The van der Waals surface area contributed by atoms with Gasteiger partial charge in [0.15, 0.2) is 11.5 Å². The number of unbranched alkanes of at least 4 members (excludes halogenated alkanes) is 6. The van der Waals surface area contributed by atoms with Crippen molar-refractivity contribution in [2.45, 2.75) is 78.1 Å². The molecule has 0 amide bonds. The number of rotatable bonds is 12. The number of carbonyl (C=O) groups is 2. The third kappa shape index (κ3) is 9.82. The minimum absolute atomic E-state index is 0.279. The van der Waals surface area contributed by atoms with E-state index in [4.69, 9.17) is 9.47 Å². The van der Waals surface area contributed by atoms with Crippen molar-refractivity contribution in [1.82, 2.24) is 0 Å². The molecule has 0 aromatic heterocycles. The fourth-order valence-corrected chi connectivity index (χ4v) is 2.85. The van der Waals surface area contributed by atoms with Crippen LogP contribution in [0.2, 0.25) is 0 Å². The average Bonchev–Trinajstić information content (AvgIpc) is 2.58. The van der Waals surface area contributed by atoms with E-state index in [0.717, 1.165) is 54.9 Å². The van der Waals surface area contributed by atoms with Crippen molar-refractivity contribution in [2.75, 3.05) is 0 Å². The van der Waals surface area contributed by atoms with Crippen molar-refractivity contribution in [3.8, 4) is 11.5 Å². The Labute approximate surface area is 164 Å². The number of hydrogen-bond acceptors (Lipinski definition) is 4. The van der Waals surface area contributed by atoms with Crippen molar-refractivity contribution >= 4 is 34.5 Å². The van der Waals surface area contributed by atoms with Crippen molar-refractivity contribution in [3.63, 3.8) is 0 Å². The van der Waals surface area contributed by atoms with E-state index >= 15 is 0 Å². The lowest BCUT2D eigenvalue weighted by atomic mass is 10.1. The first-order chi connectivity index (χ1) is 12.1. The zero-order chi connectivity index (χ0) is 18.5. The second-order valence-corrected chi connectivity index (χ2v) is 7.41. The largest absolute Gasteiger partial charge is 0.423 e. The van der Waals surface area contributed by atoms with Crippen LogP contribution in [0.4, 0.5) is 0 Å². The zero-order valence-corrected chi connectivity index (χ0v) is 17.5. The van der Waals surface area contributed by atoms with Crippen LogP contribution in [-0.2, 0) is 9.59 Å². The molecule has 0 radical (unpaired) electrons. The van der Waals surface area contributed by atoms with Gasteiger partial charge in [0.25, 0.3) is 0 Å². The van der Waals surface area contributed by atoms with Gasteiger partial charge in [-0.2, -0.15) is 0 Å². The topological polar surface area (TPSA) is 52.6 Å². The van der Waals surface area contributed by atoms with E-state index in [9.17, 15) is 9.59 Å². The summed E-state index contributed by atoms with van der Waals surface area (Å²) in [6.07, 6.45) is 8.97. The minimum Gasteiger partial charge on any atom is -0.423 e. The van der Waals surface area contributed by atoms with Gasteiger partial charge in [0, 0.05) is 16.4 Å². The summed E-state index contributed by atoms with van der Waals surface area (Å²) in [6.45, 7) is 4.26. The lowest BCUT2D eigenvalue weighted by Crippen LogP contribution is -2.12. The van der Waals surface area contributed by atoms with Gasteiger partial charge in [-0.1, -0.05) is 52.4 Å². The van der Waals surface area contributed by atoms with Crippen LogP contribution in [0.3, 0.4) is 0 Å². The Balaban J connectivity index is 2.56. The molecule has 1 aromatic rings. The Hall–Kier alpha value is -1.11. The predicted molar refractivity (Wildman–Crippen MR) is 108 cm³/mol. The molecule has 1 rings (SSSR count). The molecule has 0 saturated heterocycles. The number of carbonyl (C=O) groups excluding carboxylic acids is 2. The van der Waals surface area contributed by atoms with Gasteiger partial charge in [-0.05, 0) is 53.6 Å². The molecule has 5 heteroatoms. The van der Waals surface area contributed by atoms with Crippen LogP contribution in [-0.4, -0.2) is 11.9 Å². The molecule has 0 spiro atoms. The molecule has 0 saturated carbocycles. The van der Waals surface area contributed by atoms with Gasteiger partial charge < -0.3 is 9.47 Å². The molecular weight excluding hydrogens is 431 g/mol. The fraction of sp³-hybridized carbons (Fsp3) is 0.600. The number of ether oxygens (including phenoxy) is 2. The maximum absolute atomic E-state index is 12.0. The maximum atomic E-state index is 12.0. The molecule has 0 heterocycles. The molecule has 0 atom stereocenters. The van der Waals surface area contributed by atoms with E-state index in [-0.39, 0.29) is 11.9 Å². The molecule has 0 fully saturated rings. The first-order valence-electron chi connectivity index (χ1n) is 9.27. The lowest BCUT2D eigenvalue weighted by molar-refractivity contribution is -0.137. The smallest absolute Gasteiger partial charge is 0.311 e. The summed E-state index contributed by atoms with van der Waals surface area (Å²) in [5, 5.41) is 0. The average molecular weight is 460 g/mol. The van der Waals surface area contributed by atoms with Crippen LogP contribution in [0.5, 0.6) is 11.5 Å². The molecule has 0 unspecified atom stereocenters. The van der Waals surface area contributed by atoms with Crippen molar-refractivity contribution in [2.24, 2.45) is 0 Å².